The Bertz CT molecular complexity index is 314. The molecular formula is C8H8F3NO2. The van der Waals surface area contributed by atoms with Crippen molar-refractivity contribution in [3.8, 4) is 5.75 Å². The topological polar surface area (TPSA) is 42.4 Å². The van der Waals surface area contributed by atoms with Crippen LogP contribution in [0.1, 0.15) is 11.8 Å². The summed E-state index contributed by atoms with van der Waals surface area (Å²) in [5.41, 5.74) is -0.525. The molecule has 0 aliphatic heterocycles. The quantitative estimate of drug-likeness (QED) is 0.802. The molecule has 3 nitrogen and oxygen atoms in total. The third kappa shape index (κ3) is 2.14. The van der Waals surface area contributed by atoms with E-state index < -0.39 is 18.0 Å². The number of rotatable bonds is 2. The van der Waals surface area contributed by atoms with Crippen LogP contribution in [-0.2, 0) is 0 Å². The molecule has 1 aromatic heterocycles. The minimum atomic E-state index is -4.73. The second-order valence-electron chi connectivity index (χ2n) is 2.54. The number of halogens is 3. The first kappa shape index (κ1) is 10.8. The van der Waals surface area contributed by atoms with Crippen molar-refractivity contribution in [2.75, 3.05) is 7.11 Å². The van der Waals surface area contributed by atoms with Crippen molar-refractivity contribution in [3.63, 3.8) is 0 Å². The smallest absolute Gasteiger partial charge is 0.420 e. The summed E-state index contributed by atoms with van der Waals surface area (Å²) >= 11 is 0. The molecule has 0 radical (unpaired) electrons. The van der Waals surface area contributed by atoms with E-state index in [4.69, 9.17) is 5.11 Å². The molecule has 0 amide bonds. The Morgan fingerprint density at radius 3 is 2.64 bits per heavy atom. The van der Waals surface area contributed by atoms with Gasteiger partial charge in [-0.05, 0) is 12.1 Å². The number of methoxy groups -OCH3 is 1. The number of aliphatic hydroxyl groups excluding tert-OH is 1. The zero-order valence-electron chi connectivity index (χ0n) is 7.25. The van der Waals surface area contributed by atoms with E-state index in [9.17, 15) is 13.2 Å². The van der Waals surface area contributed by atoms with Crippen molar-refractivity contribution in [2.45, 2.75) is 12.3 Å². The molecule has 78 valence electrons. The summed E-state index contributed by atoms with van der Waals surface area (Å²) in [6.07, 6.45) is -6.19. The number of nitrogens with zero attached hydrogens (tertiary/aromatic N) is 1. The zero-order valence-corrected chi connectivity index (χ0v) is 7.25. The van der Waals surface area contributed by atoms with Crippen LogP contribution in [0.4, 0.5) is 13.2 Å². The average molecular weight is 207 g/mol. The Kier molecular flexibility index (Phi) is 2.95. The van der Waals surface area contributed by atoms with Gasteiger partial charge in [-0.2, -0.15) is 13.2 Å². The highest BCUT2D eigenvalue weighted by molar-refractivity contribution is 5.29. The van der Waals surface area contributed by atoms with Crippen LogP contribution in [0.3, 0.4) is 0 Å². The van der Waals surface area contributed by atoms with E-state index in [1.54, 1.807) is 0 Å². The third-order valence-corrected chi connectivity index (χ3v) is 1.59. The third-order valence-electron chi connectivity index (χ3n) is 1.59. The van der Waals surface area contributed by atoms with E-state index in [0.717, 1.165) is 6.20 Å². The molecule has 0 fully saturated rings. The molecule has 0 aliphatic carbocycles. The Labute approximate surface area is 78.2 Å². The average Bonchev–Trinajstić information content (AvgIpc) is 2.15. The molecule has 0 bridgehead atoms. The van der Waals surface area contributed by atoms with Gasteiger partial charge in [0.1, 0.15) is 11.4 Å². The summed E-state index contributed by atoms with van der Waals surface area (Å²) in [4.78, 5) is 3.42. The van der Waals surface area contributed by atoms with E-state index in [1.165, 1.54) is 19.2 Å². The number of alkyl halides is 3. The van der Waals surface area contributed by atoms with Crippen molar-refractivity contribution >= 4 is 0 Å². The van der Waals surface area contributed by atoms with Gasteiger partial charge in [-0.25, -0.2) is 0 Å². The molecule has 1 rings (SSSR count). The lowest BCUT2D eigenvalue weighted by atomic mass is 10.2. The highest BCUT2D eigenvalue weighted by atomic mass is 19.4. The minimum Gasteiger partial charge on any atom is -0.495 e. The Balaban J connectivity index is 3.06. The second kappa shape index (κ2) is 3.83. The van der Waals surface area contributed by atoms with Gasteiger partial charge in [0.05, 0.1) is 7.11 Å². The Morgan fingerprint density at radius 1 is 1.50 bits per heavy atom. The molecule has 0 aromatic carbocycles. The fourth-order valence-electron chi connectivity index (χ4n) is 0.936. The SMILES string of the molecule is COc1cccnc1C(O)C(F)(F)F. The van der Waals surface area contributed by atoms with E-state index in [2.05, 4.69) is 9.72 Å². The first-order chi connectivity index (χ1) is 6.46. The number of pyridine rings is 1. The first-order valence-corrected chi connectivity index (χ1v) is 3.70. The van der Waals surface area contributed by atoms with E-state index in [0.29, 0.717) is 0 Å². The summed E-state index contributed by atoms with van der Waals surface area (Å²) < 4.78 is 41.0. The second-order valence-corrected chi connectivity index (χ2v) is 2.54. The van der Waals surface area contributed by atoms with Crippen molar-refractivity contribution in [2.24, 2.45) is 0 Å². The predicted molar refractivity (Wildman–Crippen MR) is 41.8 cm³/mol. The van der Waals surface area contributed by atoms with Gasteiger partial charge in [0, 0.05) is 6.20 Å². The maximum Gasteiger partial charge on any atom is 0.420 e. The Hall–Kier alpha value is -1.30. The lowest BCUT2D eigenvalue weighted by Crippen LogP contribution is -2.21. The number of hydrogen-bond acceptors (Lipinski definition) is 3. The molecule has 0 spiro atoms. The van der Waals surface area contributed by atoms with Gasteiger partial charge < -0.3 is 9.84 Å². The van der Waals surface area contributed by atoms with Gasteiger partial charge in [0.2, 0.25) is 0 Å². The van der Waals surface area contributed by atoms with Crippen LogP contribution in [-0.4, -0.2) is 23.4 Å². The summed E-state index contributed by atoms with van der Waals surface area (Å²) in [5.74, 6) is -0.0858. The molecule has 1 N–H and O–H groups in total. The molecular weight excluding hydrogens is 199 g/mol. The number of aromatic nitrogens is 1. The maximum absolute atomic E-state index is 12.1. The number of aliphatic hydroxyl groups is 1. The van der Waals surface area contributed by atoms with Crippen LogP contribution in [0, 0.1) is 0 Å². The monoisotopic (exact) mass is 207 g/mol. The molecule has 14 heavy (non-hydrogen) atoms. The standard InChI is InChI=1S/C8H8F3NO2/c1-14-5-3-2-4-12-6(5)7(13)8(9,10)11/h2-4,7,13H,1H3. The minimum absolute atomic E-state index is 0.0858. The van der Waals surface area contributed by atoms with Crippen LogP contribution in [0.25, 0.3) is 0 Å². The zero-order chi connectivity index (χ0) is 10.8. The van der Waals surface area contributed by atoms with Crippen molar-refractivity contribution in [1.82, 2.24) is 4.98 Å². The lowest BCUT2D eigenvalue weighted by Gasteiger charge is -2.15. The summed E-state index contributed by atoms with van der Waals surface area (Å²) in [5, 5.41) is 8.90. The lowest BCUT2D eigenvalue weighted by molar-refractivity contribution is -0.208. The van der Waals surface area contributed by atoms with Crippen LogP contribution in [0.15, 0.2) is 18.3 Å². The van der Waals surface area contributed by atoms with Crippen molar-refractivity contribution < 1.29 is 23.0 Å². The van der Waals surface area contributed by atoms with Gasteiger partial charge in [-0.1, -0.05) is 0 Å². The van der Waals surface area contributed by atoms with Crippen LogP contribution in [0.2, 0.25) is 0 Å². The summed E-state index contributed by atoms with van der Waals surface area (Å²) in [6, 6.07) is 2.72. The summed E-state index contributed by atoms with van der Waals surface area (Å²) in [6.45, 7) is 0. The van der Waals surface area contributed by atoms with Crippen molar-refractivity contribution in [3.05, 3.63) is 24.0 Å². The van der Waals surface area contributed by atoms with Gasteiger partial charge >= 0.3 is 6.18 Å². The fraction of sp³-hybridized carbons (Fsp3) is 0.375. The van der Waals surface area contributed by atoms with Crippen LogP contribution >= 0.6 is 0 Å². The largest absolute Gasteiger partial charge is 0.495 e. The highest BCUT2D eigenvalue weighted by Gasteiger charge is 2.41. The van der Waals surface area contributed by atoms with Gasteiger partial charge in [0.15, 0.2) is 6.10 Å². The first-order valence-electron chi connectivity index (χ1n) is 3.70. The van der Waals surface area contributed by atoms with Gasteiger partial charge in [-0.3, -0.25) is 4.98 Å². The maximum atomic E-state index is 12.1. The molecule has 0 aliphatic rings. The molecule has 1 aromatic rings. The number of hydrogen-bond donors (Lipinski definition) is 1. The van der Waals surface area contributed by atoms with E-state index in [1.807, 2.05) is 0 Å². The molecule has 1 heterocycles. The molecule has 0 saturated carbocycles. The Morgan fingerprint density at radius 2 is 2.14 bits per heavy atom. The van der Waals surface area contributed by atoms with Gasteiger partial charge in [-0.15, -0.1) is 0 Å². The molecule has 0 saturated heterocycles. The molecule has 1 atom stereocenters. The van der Waals surface area contributed by atoms with Crippen molar-refractivity contribution in [1.29, 1.82) is 0 Å². The number of ether oxygens (including phenoxy) is 1. The fourth-order valence-corrected chi connectivity index (χ4v) is 0.936. The normalized spacial score (nSPS) is 13.8. The van der Waals surface area contributed by atoms with E-state index >= 15 is 0 Å². The summed E-state index contributed by atoms with van der Waals surface area (Å²) in [7, 11) is 1.21. The molecule has 1 unspecified atom stereocenters. The highest BCUT2D eigenvalue weighted by Crippen LogP contribution is 2.35. The van der Waals surface area contributed by atoms with Crippen LogP contribution < -0.4 is 4.74 Å². The predicted octanol–water partition coefficient (Wildman–Crippen LogP) is 1.69. The molecule has 6 heteroatoms. The van der Waals surface area contributed by atoms with Gasteiger partial charge in [0.25, 0.3) is 0 Å². The van der Waals surface area contributed by atoms with Crippen LogP contribution in [0.5, 0.6) is 5.75 Å². The van der Waals surface area contributed by atoms with E-state index in [-0.39, 0.29) is 5.75 Å².